The highest BCUT2D eigenvalue weighted by molar-refractivity contribution is 7.81. The number of aliphatic hydroxyl groups excluding tert-OH is 1. The van der Waals surface area contributed by atoms with Crippen molar-refractivity contribution < 1.29 is 51.3 Å². The van der Waals surface area contributed by atoms with Crippen molar-refractivity contribution >= 4 is 63.7 Å². The number of pyridine rings is 1. The molecule has 0 unspecified atom stereocenters. The van der Waals surface area contributed by atoms with Crippen LogP contribution in [0.15, 0.2) is 66.4 Å². The SMILES string of the molecule is CC(C)(C)[C@H](NC(=O)COCCCCOc1ccc(-c2ccc(N3C(=S)N(c4ccc(C#N)c(C(F)(F)F)c4F)C(=O)C3(C)C)cn2)cc1)C(=O)N1C[C@H](O)C[C@H]1C(=O)NCc1cncs1. The van der Waals surface area contributed by atoms with Crippen molar-refractivity contribution in [2.45, 2.75) is 90.3 Å². The van der Waals surface area contributed by atoms with E-state index in [2.05, 4.69) is 20.6 Å². The van der Waals surface area contributed by atoms with Gasteiger partial charge in [-0.15, -0.1) is 11.3 Å². The molecule has 2 aromatic carbocycles. The first-order valence-corrected chi connectivity index (χ1v) is 22.1. The zero-order valence-electron chi connectivity index (χ0n) is 36.6. The predicted molar refractivity (Wildman–Crippen MR) is 239 cm³/mol. The molecule has 0 saturated carbocycles. The zero-order chi connectivity index (χ0) is 48.1. The molecular weight excluding hydrogens is 905 g/mol. The molecule has 2 aromatic heterocycles. The van der Waals surface area contributed by atoms with E-state index >= 15 is 4.39 Å². The number of ether oxygens (including phenoxy) is 2. The van der Waals surface area contributed by atoms with E-state index in [9.17, 15) is 37.5 Å². The van der Waals surface area contributed by atoms with Gasteiger partial charge in [-0.3, -0.25) is 34.0 Å². The maximum Gasteiger partial charge on any atom is 0.420 e. The van der Waals surface area contributed by atoms with E-state index in [1.54, 1.807) is 68.9 Å². The summed E-state index contributed by atoms with van der Waals surface area (Å²) < 4.78 is 68.1. The van der Waals surface area contributed by atoms with Gasteiger partial charge in [0.25, 0.3) is 5.91 Å². The second-order valence-electron chi connectivity index (χ2n) is 17.2. The lowest BCUT2D eigenvalue weighted by atomic mass is 9.85. The van der Waals surface area contributed by atoms with E-state index in [0.717, 1.165) is 22.6 Å². The quantitative estimate of drug-likeness (QED) is 0.0663. The van der Waals surface area contributed by atoms with Crippen LogP contribution in [0, 0.1) is 22.6 Å². The molecule has 0 radical (unpaired) electrons. The molecule has 2 aliphatic rings. The average Bonchev–Trinajstić information content (AvgIpc) is 3.97. The molecule has 3 N–H and O–H groups in total. The number of carbonyl (C=O) groups excluding carboxylic acids is 4. The Morgan fingerprint density at radius 2 is 1.77 bits per heavy atom. The van der Waals surface area contributed by atoms with Gasteiger partial charge in [0, 0.05) is 36.2 Å². The minimum absolute atomic E-state index is 0.0352. The van der Waals surface area contributed by atoms with Gasteiger partial charge < -0.3 is 35.0 Å². The number of benzene rings is 2. The molecule has 6 rings (SSSR count). The average molecular weight is 953 g/mol. The molecule has 3 atom stereocenters. The number of rotatable bonds is 16. The van der Waals surface area contributed by atoms with E-state index in [0.29, 0.717) is 41.5 Å². The predicted octanol–water partition coefficient (Wildman–Crippen LogP) is 6.14. The number of anilines is 2. The van der Waals surface area contributed by atoms with E-state index in [1.807, 2.05) is 0 Å². The summed E-state index contributed by atoms with van der Waals surface area (Å²) in [5, 5.41) is 24.9. The van der Waals surface area contributed by atoms with Crippen molar-refractivity contribution in [2.75, 3.05) is 36.2 Å². The fourth-order valence-corrected chi connectivity index (χ4v) is 8.61. The second-order valence-corrected chi connectivity index (χ2v) is 18.6. The van der Waals surface area contributed by atoms with Crippen LogP contribution in [0.2, 0.25) is 0 Å². The molecule has 4 amide bonds. The molecule has 0 bridgehead atoms. The summed E-state index contributed by atoms with van der Waals surface area (Å²) in [6.45, 7) is 8.92. The minimum Gasteiger partial charge on any atom is -0.494 e. The van der Waals surface area contributed by atoms with Crippen molar-refractivity contribution in [3.8, 4) is 23.1 Å². The monoisotopic (exact) mass is 952 g/mol. The van der Waals surface area contributed by atoms with Gasteiger partial charge in [0.15, 0.2) is 10.9 Å². The molecule has 0 aliphatic carbocycles. The lowest BCUT2D eigenvalue weighted by Gasteiger charge is -2.35. The number of nitriles is 1. The Morgan fingerprint density at radius 1 is 1.06 bits per heavy atom. The van der Waals surface area contributed by atoms with Crippen molar-refractivity contribution in [3.63, 3.8) is 0 Å². The van der Waals surface area contributed by atoms with Crippen LogP contribution >= 0.6 is 23.6 Å². The standard InChI is InChI=1S/C45H48F4N8O7S2/c1-43(2,3)38(40(61)55-23-29(58)18-34(55)39(60)53-22-31-21-51-25-66-31)54-35(59)24-63-16-6-7-17-64-30-12-8-26(9-13-30)32-14-11-28(20-52-32)57-42(65)56(41(62)44(57,4)5)33-15-10-27(19-50)36(37(33)46)45(47,48)49/h8-15,20-21,25,29,34,38,58H,6-7,16-18,22-24H2,1-5H3,(H,53,60)(H,54,59)/t29-,34+,38-/m1/s1. The molecular formula is C45H48F4N8O7S2. The number of alkyl halides is 3. The van der Waals surface area contributed by atoms with E-state index in [-0.39, 0.29) is 37.8 Å². The van der Waals surface area contributed by atoms with Gasteiger partial charge in [0.05, 0.1) is 59.7 Å². The number of nitrogens with zero attached hydrogens (tertiary/aromatic N) is 6. The maximum atomic E-state index is 15.4. The number of unbranched alkanes of at least 4 members (excludes halogenated alkanes) is 1. The topological polar surface area (TPSA) is 190 Å². The highest BCUT2D eigenvalue weighted by Crippen LogP contribution is 2.42. The lowest BCUT2D eigenvalue weighted by molar-refractivity contribution is -0.144. The summed E-state index contributed by atoms with van der Waals surface area (Å²) in [4.78, 5) is 66.1. The summed E-state index contributed by atoms with van der Waals surface area (Å²) in [6, 6.07) is 11.6. The summed E-state index contributed by atoms with van der Waals surface area (Å²) in [5.41, 5.74) is -2.33. The number of aliphatic hydroxyl groups is 1. The Balaban J connectivity index is 0.955. The Hall–Kier alpha value is -6.08. The molecule has 15 nitrogen and oxygen atoms in total. The van der Waals surface area contributed by atoms with Crippen LogP contribution in [-0.4, -0.2) is 98.8 Å². The molecule has 2 fully saturated rings. The lowest BCUT2D eigenvalue weighted by Crippen LogP contribution is -2.58. The Labute approximate surface area is 387 Å². The summed E-state index contributed by atoms with van der Waals surface area (Å²) in [6.07, 6.45) is -1.73. The number of likely N-dealkylation sites (tertiary alicyclic amines) is 1. The first-order valence-electron chi connectivity index (χ1n) is 20.8. The Morgan fingerprint density at radius 3 is 2.39 bits per heavy atom. The summed E-state index contributed by atoms with van der Waals surface area (Å²) in [7, 11) is 0. The van der Waals surface area contributed by atoms with Gasteiger partial charge in [-0.1, -0.05) is 20.8 Å². The third kappa shape index (κ3) is 10.9. The van der Waals surface area contributed by atoms with Crippen molar-refractivity contribution in [1.29, 1.82) is 5.26 Å². The molecule has 2 saturated heterocycles. The van der Waals surface area contributed by atoms with Crippen LogP contribution in [0.1, 0.15) is 69.9 Å². The number of nitrogens with one attached hydrogen (secondary N) is 2. The number of thiazole rings is 1. The fourth-order valence-electron chi connectivity index (χ4n) is 7.57. The molecule has 4 aromatic rings. The van der Waals surface area contributed by atoms with Gasteiger partial charge in [0.2, 0.25) is 17.7 Å². The molecule has 0 spiro atoms. The van der Waals surface area contributed by atoms with Gasteiger partial charge in [-0.25, -0.2) is 4.39 Å². The zero-order valence-corrected chi connectivity index (χ0v) is 38.3. The highest BCUT2D eigenvalue weighted by Gasteiger charge is 2.52. The normalized spacial score (nSPS) is 17.7. The number of amides is 4. The number of hydrogen-bond acceptors (Lipinski definition) is 12. The van der Waals surface area contributed by atoms with Gasteiger partial charge in [0.1, 0.15) is 35.5 Å². The Bertz CT molecular complexity index is 2480. The largest absolute Gasteiger partial charge is 0.494 e. The van der Waals surface area contributed by atoms with Gasteiger partial charge >= 0.3 is 6.18 Å². The molecule has 2 aliphatic heterocycles. The van der Waals surface area contributed by atoms with Gasteiger partial charge in [-0.2, -0.15) is 18.4 Å². The van der Waals surface area contributed by atoms with Crippen LogP contribution in [0.5, 0.6) is 5.75 Å². The fraction of sp³-hybridized carbons (Fsp3) is 0.422. The van der Waals surface area contributed by atoms with Crippen LogP contribution < -0.4 is 25.2 Å². The first kappa shape index (κ1) is 49.4. The molecule has 4 heterocycles. The second kappa shape index (κ2) is 20.2. The van der Waals surface area contributed by atoms with Gasteiger partial charge in [-0.05, 0) is 92.9 Å². The number of carbonyl (C=O) groups is 4. The third-order valence-electron chi connectivity index (χ3n) is 11.0. The number of halogens is 4. The third-order valence-corrected chi connectivity index (χ3v) is 12.1. The van der Waals surface area contributed by atoms with E-state index < -0.39 is 81.6 Å². The van der Waals surface area contributed by atoms with Crippen LogP contribution in [-0.2, 0) is 36.6 Å². The van der Waals surface area contributed by atoms with E-state index in [4.69, 9.17) is 27.0 Å². The van der Waals surface area contributed by atoms with E-state index in [1.165, 1.54) is 47.3 Å². The summed E-state index contributed by atoms with van der Waals surface area (Å²) >= 11 is 6.91. The van der Waals surface area contributed by atoms with Crippen LogP contribution in [0.3, 0.4) is 0 Å². The molecule has 66 heavy (non-hydrogen) atoms. The van der Waals surface area contributed by atoms with Crippen molar-refractivity contribution in [2.24, 2.45) is 5.41 Å². The molecule has 350 valence electrons. The number of hydrogen-bond donors (Lipinski definition) is 3. The maximum absolute atomic E-state index is 15.4. The number of aromatic nitrogens is 2. The van der Waals surface area contributed by atoms with Crippen LogP contribution in [0.25, 0.3) is 11.3 Å². The van der Waals surface area contributed by atoms with Crippen LogP contribution in [0.4, 0.5) is 28.9 Å². The first-order chi connectivity index (χ1) is 31.1. The highest BCUT2D eigenvalue weighted by atomic mass is 32.1. The summed E-state index contributed by atoms with van der Waals surface area (Å²) in [5.74, 6) is -3.34. The smallest absolute Gasteiger partial charge is 0.420 e. The molecule has 21 heteroatoms. The van der Waals surface area contributed by atoms with Crippen molar-refractivity contribution in [3.05, 3.63) is 88.3 Å². The van der Waals surface area contributed by atoms with Crippen molar-refractivity contribution in [1.82, 2.24) is 25.5 Å². The minimum atomic E-state index is -5.20. The number of β-amino-alcohol motifs (C(OH)–C–C–N with tert-alkyl or cyclic N) is 1. The number of thiocarbonyl (C=S) groups is 1. The Kier molecular flexibility index (Phi) is 15.1.